The molecule has 0 bridgehead atoms. The van der Waals surface area contributed by atoms with Gasteiger partial charge in [0.25, 0.3) is 5.91 Å². The van der Waals surface area contributed by atoms with Crippen molar-refractivity contribution in [3.63, 3.8) is 0 Å². The summed E-state index contributed by atoms with van der Waals surface area (Å²) in [5, 5.41) is 11.2. The number of esters is 1. The van der Waals surface area contributed by atoms with Crippen LogP contribution < -0.4 is 4.74 Å². The predicted molar refractivity (Wildman–Crippen MR) is 99.9 cm³/mol. The lowest BCUT2D eigenvalue weighted by atomic mass is 10.1. The first-order chi connectivity index (χ1) is 13.5. The Hall–Kier alpha value is -3.49. The first kappa shape index (κ1) is 20.8. The van der Waals surface area contributed by atoms with E-state index in [1.807, 2.05) is 0 Å². The van der Waals surface area contributed by atoms with E-state index < -0.39 is 16.8 Å². The van der Waals surface area contributed by atoms with Crippen molar-refractivity contribution in [2.75, 3.05) is 20.3 Å². The first-order valence-corrected chi connectivity index (χ1v) is 8.62. The molecular formula is C19H21N3O6. The van der Waals surface area contributed by atoms with Gasteiger partial charge >= 0.3 is 11.7 Å². The van der Waals surface area contributed by atoms with Crippen LogP contribution in [0.4, 0.5) is 5.69 Å². The van der Waals surface area contributed by atoms with Crippen LogP contribution in [0.15, 0.2) is 42.7 Å². The number of nitro groups is 1. The third-order valence-electron chi connectivity index (χ3n) is 3.90. The van der Waals surface area contributed by atoms with Gasteiger partial charge in [-0.1, -0.05) is 6.07 Å². The molecule has 0 aliphatic carbocycles. The molecule has 0 aliphatic rings. The second-order valence-electron chi connectivity index (χ2n) is 5.79. The molecule has 0 fully saturated rings. The van der Waals surface area contributed by atoms with Crippen LogP contribution >= 0.6 is 0 Å². The highest BCUT2D eigenvalue weighted by Gasteiger charge is 2.22. The standard InChI is InChI=1S/C19H21N3O6/c1-3-28-18(23)8-10-21(13-14-5-4-9-20-12-14)19(24)15-6-7-17(27-2)16(11-15)22(25)26/h4-7,9,11-12H,3,8,10,13H2,1-2H3. The van der Waals surface area contributed by atoms with E-state index in [0.717, 1.165) is 5.56 Å². The van der Waals surface area contributed by atoms with E-state index in [-0.39, 0.29) is 43.1 Å². The number of carbonyl (C=O) groups is 2. The average Bonchev–Trinajstić information content (AvgIpc) is 2.71. The van der Waals surface area contributed by atoms with E-state index in [2.05, 4.69) is 4.98 Å². The van der Waals surface area contributed by atoms with Crippen LogP contribution in [-0.4, -0.2) is 46.9 Å². The average molecular weight is 387 g/mol. The predicted octanol–water partition coefficient (Wildman–Crippen LogP) is 2.59. The molecule has 1 heterocycles. The molecule has 9 nitrogen and oxygen atoms in total. The van der Waals surface area contributed by atoms with Gasteiger partial charge in [0.15, 0.2) is 5.75 Å². The van der Waals surface area contributed by atoms with Crippen molar-refractivity contribution in [2.24, 2.45) is 0 Å². The van der Waals surface area contributed by atoms with Crippen molar-refractivity contribution in [3.8, 4) is 5.75 Å². The Morgan fingerprint density at radius 2 is 2.07 bits per heavy atom. The normalized spacial score (nSPS) is 10.2. The highest BCUT2D eigenvalue weighted by molar-refractivity contribution is 5.95. The summed E-state index contributed by atoms with van der Waals surface area (Å²) >= 11 is 0. The van der Waals surface area contributed by atoms with E-state index in [1.54, 1.807) is 31.5 Å². The fraction of sp³-hybridized carbons (Fsp3) is 0.316. The van der Waals surface area contributed by atoms with Crippen LogP contribution in [0.3, 0.4) is 0 Å². The molecule has 28 heavy (non-hydrogen) atoms. The van der Waals surface area contributed by atoms with Gasteiger partial charge in [0.05, 0.1) is 25.1 Å². The highest BCUT2D eigenvalue weighted by atomic mass is 16.6. The zero-order valence-electron chi connectivity index (χ0n) is 15.7. The summed E-state index contributed by atoms with van der Waals surface area (Å²) in [4.78, 5) is 40.8. The number of pyridine rings is 1. The van der Waals surface area contributed by atoms with Gasteiger partial charge in [0, 0.05) is 37.1 Å². The highest BCUT2D eigenvalue weighted by Crippen LogP contribution is 2.28. The number of hydrogen-bond acceptors (Lipinski definition) is 7. The fourth-order valence-electron chi connectivity index (χ4n) is 2.57. The van der Waals surface area contributed by atoms with E-state index in [1.165, 1.54) is 30.2 Å². The van der Waals surface area contributed by atoms with E-state index in [4.69, 9.17) is 9.47 Å². The molecule has 0 aliphatic heterocycles. The molecule has 0 radical (unpaired) electrons. The van der Waals surface area contributed by atoms with Crippen molar-refractivity contribution in [1.82, 2.24) is 9.88 Å². The first-order valence-electron chi connectivity index (χ1n) is 8.62. The van der Waals surface area contributed by atoms with Gasteiger partial charge in [-0.25, -0.2) is 0 Å². The number of carbonyl (C=O) groups excluding carboxylic acids is 2. The summed E-state index contributed by atoms with van der Waals surface area (Å²) in [5.41, 5.74) is 0.586. The monoisotopic (exact) mass is 387 g/mol. The maximum atomic E-state index is 13.0. The Kier molecular flexibility index (Phi) is 7.44. The number of amides is 1. The lowest BCUT2D eigenvalue weighted by Crippen LogP contribution is -2.33. The molecule has 148 valence electrons. The summed E-state index contributed by atoms with van der Waals surface area (Å²) in [7, 11) is 1.32. The van der Waals surface area contributed by atoms with Gasteiger partial charge in [-0.2, -0.15) is 0 Å². The van der Waals surface area contributed by atoms with E-state index in [0.29, 0.717) is 0 Å². The van der Waals surface area contributed by atoms with Crippen LogP contribution in [0.25, 0.3) is 0 Å². The number of ether oxygens (including phenoxy) is 2. The van der Waals surface area contributed by atoms with Crippen molar-refractivity contribution in [2.45, 2.75) is 19.9 Å². The zero-order valence-corrected chi connectivity index (χ0v) is 15.7. The molecule has 0 spiro atoms. The van der Waals surface area contributed by atoms with Gasteiger partial charge < -0.3 is 14.4 Å². The van der Waals surface area contributed by atoms with Crippen LogP contribution in [-0.2, 0) is 16.1 Å². The minimum Gasteiger partial charge on any atom is -0.490 e. The van der Waals surface area contributed by atoms with E-state index in [9.17, 15) is 19.7 Å². The number of nitro benzene ring substituents is 1. The summed E-state index contributed by atoms with van der Waals surface area (Å²) in [6.45, 7) is 2.26. The number of aromatic nitrogens is 1. The SMILES string of the molecule is CCOC(=O)CCN(Cc1cccnc1)C(=O)c1ccc(OC)c([N+](=O)[O-])c1. The molecule has 1 aromatic heterocycles. The molecule has 0 unspecified atom stereocenters. The molecule has 2 rings (SSSR count). The minimum atomic E-state index is -0.611. The van der Waals surface area contributed by atoms with Gasteiger partial charge in [0.1, 0.15) is 0 Å². The largest absolute Gasteiger partial charge is 0.490 e. The fourth-order valence-corrected chi connectivity index (χ4v) is 2.57. The third kappa shape index (κ3) is 5.50. The van der Waals surface area contributed by atoms with Gasteiger partial charge in [-0.3, -0.25) is 24.7 Å². The van der Waals surface area contributed by atoms with Crippen LogP contribution in [0, 0.1) is 10.1 Å². The van der Waals surface area contributed by atoms with E-state index >= 15 is 0 Å². The maximum absolute atomic E-state index is 13.0. The summed E-state index contributed by atoms with van der Waals surface area (Å²) < 4.78 is 9.88. The van der Waals surface area contributed by atoms with Crippen molar-refractivity contribution < 1.29 is 24.0 Å². The van der Waals surface area contributed by atoms with Gasteiger partial charge in [-0.05, 0) is 30.7 Å². The van der Waals surface area contributed by atoms with Crippen molar-refractivity contribution >= 4 is 17.6 Å². The van der Waals surface area contributed by atoms with Crippen molar-refractivity contribution in [3.05, 3.63) is 64.0 Å². The molecule has 0 saturated carbocycles. The lowest BCUT2D eigenvalue weighted by Gasteiger charge is -2.22. The third-order valence-corrected chi connectivity index (χ3v) is 3.90. The van der Waals surface area contributed by atoms with Gasteiger partial charge in [-0.15, -0.1) is 0 Å². The quantitative estimate of drug-likeness (QED) is 0.369. The minimum absolute atomic E-state index is 0.0120. The number of rotatable bonds is 9. The Labute approximate surface area is 162 Å². The molecule has 2 aromatic rings. The zero-order chi connectivity index (χ0) is 20.5. The summed E-state index contributed by atoms with van der Waals surface area (Å²) in [6, 6.07) is 7.53. The van der Waals surface area contributed by atoms with Crippen LogP contribution in [0.5, 0.6) is 5.75 Å². The van der Waals surface area contributed by atoms with Crippen molar-refractivity contribution in [1.29, 1.82) is 0 Å². The smallest absolute Gasteiger partial charge is 0.311 e. The molecular weight excluding hydrogens is 366 g/mol. The molecule has 1 amide bonds. The van der Waals surface area contributed by atoms with Crippen LogP contribution in [0.1, 0.15) is 29.3 Å². The number of benzene rings is 1. The topological polar surface area (TPSA) is 112 Å². The number of methoxy groups -OCH3 is 1. The number of nitrogens with zero attached hydrogens (tertiary/aromatic N) is 3. The second kappa shape index (κ2) is 10.0. The molecule has 0 N–H and O–H groups in total. The lowest BCUT2D eigenvalue weighted by molar-refractivity contribution is -0.385. The Morgan fingerprint density at radius 3 is 2.68 bits per heavy atom. The summed E-state index contributed by atoms with van der Waals surface area (Å²) in [5.74, 6) is -0.807. The van der Waals surface area contributed by atoms with Crippen LogP contribution in [0.2, 0.25) is 0 Å². The molecule has 9 heteroatoms. The Balaban J connectivity index is 2.27. The number of hydrogen-bond donors (Lipinski definition) is 0. The van der Waals surface area contributed by atoms with Gasteiger partial charge in [0.2, 0.25) is 0 Å². The summed E-state index contributed by atoms with van der Waals surface area (Å²) in [6.07, 6.45) is 3.24. The Morgan fingerprint density at radius 1 is 1.29 bits per heavy atom. The molecule has 0 atom stereocenters. The molecule has 1 aromatic carbocycles. The maximum Gasteiger partial charge on any atom is 0.311 e. The second-order valence-corrected chi connectivity index (χ2v) is 5.79. The Bertz CT molecular complexity index is 841. The molecule has 0 saturated heterocycles.